The zero-order chi connectivity index (χ0) is 16.8. The monoisotopic (exact) mass is 339 g/mol. The predicted octanol–water partition coefficient (Wildman–Crippen LogP) is 3.56. The van der Waals surface area contributed by atoms with E-state index in [-0.39, 0.29) is 5.41 Å². The number of nitrogens with zero attached hydrogens (tertiary/aromatic N) is 2. The summed E-state index contributed by atoms with van der Waals surface area (Å²) in [6.07, 6.45) is 1.72. The van der Waals surface area contributed by atoms with E-state index in [4.69, 9.17) is 10.5 Å². The summed E-state index contributed by atoms with van der Waals surface area (Å²) in [6.45, 7) is 3.80. The minimum atomic E-state index is 0.159. The number of rotatable bonds is 5. The summed E-state index contributed by atoms with van der Waals surface area (Å²) in [5, 5.41) is 8.58. The third kappa shape index (κ3) is 4.24. The van der Waals surface area contributed by atoms with Crippen molar-refractivity contribution in [1.82, 2.24) is 0 Å². The highest BCUT2D eigenvalue weighted by atomic mass is 32.2. The van der Waals surface area contributed by atoms with E-state index in [0.29, 0.717) is 5.17 Å². The number of ether oxygens (including phenoxy) is 1. The average molecular weight is 339 g/mol. The number of nitrogens with two attached hydrogens (primary N) is 1. The van der Waals surface area contributed by atoms with Crippen LogP contribution in [0.5, 0.6) is 0 Å². The van der Waals surface area contributed by atoms with Crippen LogP contribution >= 0.6 is 11.8 Å². The summed E-state index contributed by atoms with van der Waals surface area (Å²) in [4.78, 5) is 0. The van der Waals surface area contributed by atoms with Crippen molar-refractivity contribution >= 4 is 23.1 Å². The quantitative estimate of drug-likeness (QED) is 0.515. The molecule has 3 rings (SSSR count). The van der Waals surface area contributed by atoms with Gasteiger partial charge in [0.2, 0.25) is 0 Å². The van der Waals surface area contributed by atoms with Gasteiger partial charge >= 0.3 is 0 Å². The molecule has 24 heavy (non-hydrogen) atoms. The number of amidine groups is 1. The molecular weight excluding hydrogens is 318 g/mol. The van der Waals surface area contributed by atoms with Gasteiger partial charge in [-0.25, -0.2) is 0 Å². The molecule has 4 nitrogen and oxygen atoms in total. The first-order valence-electron chi connectivity index (χ1n) is 7.87. The maximum atomic E-state index is 5.88. The van der Waals surface area contributed by atoms with Gasteiger partial charge in [0.05, 0.1) is 19.4 Å². The lowest BCUT2D eigenvalue weighted by Gasteiger charge is -2.38. The van der Waals surface area contributed by atoms with Crippen molar-refractivity contribution in [2.75, 3.05) is 13.2 Å². The minimum Gasteiger partial charge on any atom is -0.379 e. The number of hydrogen-bond donors (Lipinski definition) is 1. The molecule has 2 N–H and O–H groups in total. The number of thioether (sulfide) groups is 1. The molecule has 0 atom stereocenters. The Bertz CT molecular complexity index is 722. The van der Waals surface area contributed by atoms with Crippen molar-refractivity contribution in [1.29, 1.82) is 0 Å². The molecule has 1 saturated heterocycles. The summed E-state index contributed by atoms with van der Waals surface area (Å²) in [5.41, 5.74) is 9.56. The molecule has 0 bridgehead atoms. The van der Waals surface area contributed by atoms with Crippen LogP contribution in [-0.2, 0) is 15.9 Å². The van der Waals surface area contributed by atoms with E-state index in [0.717, 1.165) is 24.5 Å². The Labute approximate surface area is 146 Å². The van der Waals surface area contributed by atoms with Crippen LogP contribution in [0.4, 0.5) is 0 Å². The van der Waals surface area contributed by atoms with Crippen LogP contribution in [-0.4, -0.2) is 24.6 Å². The lowest BCUT2D eigenvalue weighted by Crippen LogP contribution is -2.43. The molecule has 0 aromatic heterocycles. The maximum Gasteiger partial charge on any atom is 0.180 e. The van der Waals surface area contributed by atoms with Gasteiger partial charge in [0.15, 0.2) is 5.17 Å². The summed E-state index contributed by atoms with van der Waals surface area (Å²) in [6, 6.07) is 18.5. The molecule has 0 aliphatic carbocycles. The van der Waals surface area contributed by atoms with Gasteiger partial charge in [0, 0.05) is 11.2 Å². The third-order valence-corrected chi connectivity index (χ3v) is 4.90. The zero-order valence-corrected chi connectivity index (χ0v) is 14.5. The SMILES string of the molecule is CC1(c2ccc(C=NN=C(N)SCc3ccccc3)cc2)COC1. The topological polar surface area (TPSA) is 60.0 Å². The Hall–Kier alpha value is -2.11. The molecule has 0 saturated carbocycles. The molecule has 1 fully saturated rings. The van der Waals surface area contributed by atoms with E-state index in [1.165, 1.54) is 22.9 Å². The Balaban J connectivity index is 1.53. The van der Waals surface area contributed by atoms with Gasteiger partial charge in [0.25, 0.3) is 0 Å². The molecule has 2 aromatic rings. The number of hydrogen-bond acceptors (Lipinski definition) is 4. The normalized spacial score (nSPS) is 17.0. The molecule has 0 spiro atoms. The Morgan fingerprint density at radius 2 is 1.88 bits per heavy atom. The van der Waals surface area contributed by atoms with E-state index in [1.54, 1.807) is 6.21 Å². The van der Waals surface area contributed by atoms with Crippen molar-refractivity contribution in [2.45, 2.75) is 18.1 Å². The summed E-state index contributed by atoms with van der Waals surface area (Å²) in [5.74, 6) is 0.793. The molecular formula is C19H21N3OS. The fourth-order valence-corrected chi connectivity index (χ4v) is 3.07. The van der Waals surface area contributed by atoms with Crippen molar-refractivity contribution in [2.24, 2.45) is 15.9 Å². The summed E-state index contributed by atoms with van der Waals surface area (Å²) < 4.78 is 5.31. The van der Waals surface area contributed by atoms with E-state index in [1.807, 2.05) is 30.3 Å². The van der Waals surface area contributed by atoms with Crippen molar-refractivity contribution in [3.63, 3.8) is 0 Å². The van der Waals surface area contributed by atoms with E-state index < -0.39 is 0 Å². The third-order valence-electron chi connectivity index (χ3n) is 4.04. The highest BCUT2D eigenvalue weighted by molar-refractivity contribution is 8.13. The summed E-state index contributed by atoms with van der Waals surface area (Å²) >= 11 is 1.48. The van der Waals surface area contributed by atoms with Crippen LogP contribution in [0.3, 0.4) is 0 Å². The van der Waals surface area contributed by atoms with Crippen LogP contribution in [0.2, 0.25) is 0 Å². The second kappa shape index (κ2) is 7.64. The first-order chi connectivity index (χ1) is 11.7. The fraction of sp³-hybridized carbons (Fsp3) is 0.263. The summed E-state index contributed by atoms with van der Waals surface area (Å²) in [7, 11) is 0. The van der Waals surface area contributed by atoms with Crippen molar-refractivity contribution in [3.8, 4) is 0 Å². The lowest BCUT2D eigenvalue weighted by atomic mass is 9.81. The highest BCUT2D eigenvalue weighted by Crippen LogP contribution is 2.31. The molecule has 0 amide bonds. The van der Waals surface area contributed by atoms with Gasteiger partial charge in [-0.15, -0.1) is 5.10 Å². The fourth-order valence-electron chi connectivity index (χ4n) is 2.46. The van der Waals surface area contributed by atoms with Crippen molar-refractivity contribution in [3.05, 3.63) is 71.3 Å². The molecule has 1 aliphatic rings. The van der Waals surface area contributed by atoms with Gasteiger partial charge < -0.3 is 10.5 Å². The Morgan fingerprint density at radius 3 is 2.50 bits per heavy atom. The first kappa shape index (κ1) is 16.7. The standard InChI is InChI=1S/C19H21N3OS/c1-19(13-23-14-19)17-9-7-15(8-10-17)11-21-22-18(20)24-12-16-5-3-2-4-6-16/h2-11H,12-14H2,1H3,(H2,20,22). The van der Waals surface area contributed by atoms with E-state index in [2.05, 4.69) is 41.4 Å². The molecule has 2 aromatic carbocycles. The molecule has 5 heteroatoms. The van der Waals surface area contributed by atoms with Gasteiger partial charge in [-0.1, -0.05) is 73.3 Å². The second-order valence-corrected chi connectivity index (χ2v) is 7.13. The van der Waals surface area contributed by atoms with E-state index in [9.17, 15) is 0 Å². The molecule has 1 heterocycles. The van der Waals surface area contributed by atoms with Crippen molar-refractivity contribution < 1.29 is 4.74 Å². The Kier molecular flexibility index (Phi) is 5.33. The van der Waals surface area contributed by atoms with Crippen LogP contribution in [0.1, 0.15) is 23.6 Å². The maximum absolute atomic E-state index is 5.88. The van der Waals surface area contributed by atoms with Crippen LogP contribution < -0.4 is 5.73 Å². The number of benzene rings is 2. The Morgan fingerprint density at radius 1 is 1.17 bits per heavy atom. The molecule has 1 aliphatic heterocycles. The van der Waals surface area contributed by atoms with Crippen LogP contribution in [0.25, 0.3) is 0 Å². The lowest BCUT2D eigenvalue weighted by molar-refractivity contribution is -0.0500. The predicted molar refractivity (Wildman–Crippen MR) is 102 cm³/mol. The second-order valence-electron chi connectivity index (χ2n) is 6.13. The smallest absolute Gasteiger partial charge is 0.180 e. The molecule has 124 valence electrons. The van der Waals surface area contributed by atoms with Crippen LogP contribution in [0, 0.1) is 0 Å². The highest BCUT2D eigenvalue weighted by Gasteiger charge is 2.34. The van der Waals surface area contributed by atoms with E-state index >= 15 is 0 Å². The zero-order valence-electron chi connectivity index (χ0n) is 13.7. The molecule has 0 radical (unpaired) electrons. The van der Waals surface area contributed by atoms with Gasteiger partial charge in [-0.3, -0.25) is 0 Å². The van der Waals surface area contributed by atoms with Gasteiger partial charge in [0.1, 0.15) is 0 Å². The average Bonchev–Trinajstić information content (AvgIpc) is 2.59. The molecule has 0 unspecified atom stereocenters. The van der Waals surface area contributed by atoms with Crippen LogP contribution in [0.15, 0.2) is 64.8 Å². The minimum absolute atomic E-state index is 0.159. The van der Waals surface area contributed by atoms with Gasteiger partial charge in [-0.2, -0.15) is 5.10 Å². The first-order valence-corrected chi connectivity index (χ1v) is 8.86. The largest absolute Gasteiger partial charge is 0.379 e. The van der Waals surface area contributed by atoms with Gasteiger partial charge in [-0.05, 0) is 16.7 Å².